The van der Waals surface area contributed by atoms with Gasteiger partial charge in [0.2, 0.25) is 0 Å². The fourth-order valence-electron chi connectivity index (χ4n) is 2.94. The Labute approximate surface area is 118 Å². The Bertz CT molecular complexity index is 632. The Balaban J connectivity index is 1.69. The van der Waals surface area contributed by atoms with Crippen LogP contribution in [-0.2, 0) is 11.3 Å². The van der Waals surface area contributed by atoms with Crippen molar-refractivity contribution in [1.29, 1.82) is 0 Å². The monoisotopic (exact) mass is 269 g/mol. The van der Waals surface area contributed by atoms with Gasteiger partial charge in [-0.2, -0.15) is 0 Å². The second-order valence-corrected chi connectivity index (χ2v) is 5.78. The minimum Gasteiger partial charge on any atom is -0.481 e. The van der Waals surface area contributed by atoms with Crippen molar-refractivity contribution < 1.29 is 9.90 Å². The first-order valence-corrected chi connectivity index (χ1v) is 7.03. The summed E-state index contributed by atoms with van der Waals surface area (Å²) in [5.41, 5.74) is 1.30. The maximum Gasteiger partial charge on any atom is 0.306 e. The molecule has 20 heavy (non-hydrogen) atoms. The van der Waals surface area contributed by atoms with Gasteiger partial charge in [0, 0.05) is 13.1 Å². The van der Waals surface area contributed by atoms with E-state index in [1.165, 1.54) is 16.3 Å². The van der Waals surface area contributed by atoms with Crippen molar-refractivity contribution in [2.45, 2.75) is 13.0 Å². The Kier molecular flexibility index (Phi) is 3.45. The highest BCUT2D eigenvalue weighted by Crippen LogP contribution is 2.39. The van der Waals surface area contributed by atoms with E-state index in [0.717, 1.165) is 19.5 Å². The van der Waals surface area contributed by atoms with E-state index in [1.54, 1.807) is 0 Å². The van der Waals surface area contributed by atoms with Crippen molar-refractivity contribution in [2.75, 3.05) is 13.6 Å². The number of hydrogen-bond acceptors (Lipinski definition) is 2. The smallest absolute Gasteiger partial charge is 0.306 e. The number of hydrogen-bond donors (Lipinski definition) is 1. The third-order valence-corrected chi connectivity index (χ3v) is 4.11. The summed E-state index contributed by atoms with van der Waals surface area (Å²) in [6.45, 7) is 1.73. The third-order valence-electron chi connectivity index (χ3n) is 4.11. The number of rotatable bonds is 5. The molecule has 1 aliphatic carbocycles. The zero-order valence-corrected chi connectivity index (χ0v) is 11.6. The average Bonchev–Trinajstić information content (AvgIpc) is 3.18. The van der Waals surface area contributed by atoms with Gasteiger partial charge in [-0.15, -0.1) is 0 Å². The molecule has 2 aromatic carbocycles. The van der Waals surface area contributed by atoms with Crippen LogP contribution in [0.1, 0.15) is 12.0 Å². The van der Waals surface area contributed by atoms with Gasteiger partial charge in [0.25, 0.3) is 0 Å². The van der Waals surface area contributed by atoms with Crippen molar-refractivity contribution >= 4 is 16.7 Å². The lowest BCUT2D eigenvalue weighted by molar-refractivity contribution is -0.138. The Hall–Kier alpha value is -1.87. The summed E-state index contributed by atoms with van der Waals surface area (Å²) in [7, 11) is 2.07. The topological polar surface area (TPSA) is 40.5 Å². The molecule has 1 aliphatic rings. The number of carboxylic acid groups (broad SMARTS) is 1. The van der Waals surface area contributed by atoms with E-state index in [0.29, 0.717) is 5.92 Å². The Morgan fingerprint density at radius 3 is 2.75 bits per heavy atom. The van der Waals surface area contributed by atoms with Crippen molar-refractivity contribution in [3.8, 4) is 0 Å². The Morgan fingerprint density at radius 1 is 1.25 bits per heavy atom. The van der Waals surface area contributed by atoms with Crippen LogP contribution in [0.3, 0.4) is 0 Å². The number of fused-ring (bicyclic) bond motifs is 1. The molecule has 3 heteroatoms. The Morgan fingerprint density at radius 2 is 2.00 bits per heavy atom. The molecular weight excluding hydrogens is 250 g/mol. The van der Waals surface area contributed by atoms with Gasteiger partial charge < -0.3 is 10.0 Å². The lowest BCUT2D eigenvalue weighted by atomic mass is 10.0. The van der Waals surface area contributed by atoms with Crippen LogP contribution in [0.5, 0.6) is 0 Å². The van der Waals surface area contributed by atoms with Gasteiger partial charge in [0.15, 0.2) is 0 Å². The highest BCUT2D eigenvalue weighted by atomic mass is 16.4. The highest BCUT2D eigenvalue weighted by molar-refractivity contribution is 5.85. The molecule has 1 fully saturated rings. The van der Waals surface area contributed by atoms with Gasteiger partial charge in [0.05, 0.1) is 5.92 Å². The van der Waals surface area contributed by atoms with Crippen LogP contribution >= 0.6 is 0 Å². The summed E-state index contributed by atoms with van der Waals surface area (Å²) in [4.78, 5) is 13.1. The van der Waals surface area contributed by atoms with Crippen molar-refractivity contribution in [3.63, 3.8) is 0 Å². The van der Waals surface area contributed by atoms with Crippen molar-refractivity contribution in [2.24, 2.45) is 11.8 Å². The molecule has 2 unspecified atom stereocenters. The molecule has 0 spiro atoms. The van der Waals surface area contributed by atoms with Crippen LogP contribution in [0, 0.1) is 11.8 Å². The fourth-order valence-corrected chi connectivity index (χ4v) is 2.94. The van der Waals surface area contributed by atoms with Crippen LogP contribution in [0.15, 0.2) is 42.5 Å². The minimum atomic E-state index is -0.645. The van der Waals surface area contributed by atoms with E-state index < -0.39 is 5.97 Å². The predicted molar refractivity (Wildman–Crippen MR) is 79.5 cm³/mol. The molecule has 1 saturated carbocycles. The van der Waals surface area contributed by atoms with E-state index >= 15 is 0 Å². The van der Waals surface area contributed by atoms with E-state index in [9.17, 15) is 4.79 Å². The molecule has 0 aliphatic heterocycles. The molecule has 2 atom stereocenters. The second kappa shape index (κ2) is 5.25. The molecule has 0 heterocycles. The quantitative estimate of drug-likeness (QED) is 0.907. The van der Waals surface area contributed by atoms with Crippen LogP contribution < -0.4 is 0 Å². The largest absolute Gasteiger partial charge is 0.481 e. The molecule has 0 amide bonds. The second-order valence-electron chi connectivity index (χ2n) is 5.78. The number of aliphatic carboxylic acids is 1. The van der Waals surface area contributed by atoms with Gasteiger partial charge in [0.1, 0.15) is 0 Å². The SMILES string of the molecule is CN(Cc1cccc2ccccc12)CC1CC1C(=O)O. The summed E-state index contributed by atoms with van der Waals surface area (Å²) in [6, 6.07) is 14.8. The molecule has 3 rings (SSSR count). The predicted octanol–water partition coefficient (Wildman–Crippen LogP) is 2.99. The van der Waals surface area contributed by atoms with Gasteiger partial charge in [-0.1, -0.05) is 42.5 Å². The van der Waals surface area contributed by atoms with Gasteiger partial charge in [-0.25, -0.2) is 0 Å². The van der Waals surface area contributed by atoms with E-state index in [4.69, 9.17) is 5.11 Å². The van der Waals surface area contributed by atoms with Crippen LogP contribution in [-0.4, -0.2) is 29.6 Å². The van der Waals surface area contributed by atoms with Gasteiger partial charge >= 0.3 is 5.97 Å². The molecule has 0 aromatic heterocycles. The summed E-state index contributed by atoms with van der Waals surface area (Å²) in [5.74, 6) is -0.439. The summed E-state index contributed by atoms with van der Waals surface area (Å²) in [5, 5.41) is 11.5. The minimum absolute atomic E-state index is 0.120. The normalized spacial score (nSPS) is 21.3. The standard InChI is InChI=1S/C17H19NO2/c1-18(11-14-9-16(14)17(19)20)10-13-7-4-6-12-5-2-3-8-15(12)13/h2-8,14,16H,9-11H2,1H3,(H,19,20). The highest BCUT2D eigenvalue weighted by Gasteiger charge is 2.43. The average molecular weight is 269 g/mol. The molecular formula is C17H19NO2. The van der Waals surface area contributed by atoms with Crippen LogP contribution in [0.2, 0.25) is 0 Å². The molecule has 2 aromatic rings. The summed E-state index contributed by atoms with van der Waals surface area (Å²) in [6.07, 6.45) is 0.829. The molecule has 104 valence electrons. The molecule has 0 radical (unpaired) electrons. The number of carbonyl (C=O) groups is 1. The number of nitrogens with zero attached hydrogens (tertiary/aromatic N) is 1. The number of benzene rings is 2. The fraction of sp³-hybridized carbons (Fsp3) is 0.353. The van der Waals surface area contributed by atoms with Crippen molar-refractivity contribution in [1.82, 2.24) is 4.90 Å². The molecule has 0 saturated heterocycles. The third kappa shape index (κ3) is 2.68. The molecule has 3 nitrogen and oxygen atoms in total. The van der Waals surface area contributed by atoms with E-state index in [2.05, 4.69) is 54.4 Å². The van der Waals surface area contributed by atoms with Crippen molar-refractivity contribution in [3.05, 3.63) is 48.0 Å². The van der Waals surface area contributed by atoms with Gasteiger partial charge in [-0.3, -0.25) is 4.79 Å². The summed E-state index contributed by atoms with van der Waals surface area (Å²) >= 11 is 0. The molecule has 0 bridgehead atoms. The first-order valence-electron chi connectivity index (χ1n) is 7.03. The van der Waals surface area contributed by atoms with E-state index in [1.807, 2.05) is 0 Å². The van der Waals surface area contributed by atoms with Gasteiger partial charge in [-0.05, 0) is 35.7 Å². The maximum absolute atomic E-state index is 10.9. The first kappa shape index (κ1) is 13.1. The summed E-state index contributed by atoms with van der Waals surface area (Å²) < 4.78 is 0. The van der Waals surface area contributed by atoms with Crippen LogP contribution in [0.25, 0.3) is 10.8 Å². The molecule has 1 N–H and O–H groups in total. The lowest BCUT2D eigenvalue weighted by Crippen LogP contribution is -2.22. The van der Waals surface area contributed by atoms with Crippen LogP contribution in [0.4, 0.5) is 0 Å². The maximum atomic E-state index is 10.9. The van der Waals surface area contributed by atoms with E-state index in [-0.39, 0.29) is 5.92 Å². The first-order chi connectivity index (χ1) is 9.65. The lowest BCUT2D eigenvalue weighted by Gasteiger charge is -2.17. The zero-order valence-electron chi connectivity index (χ0n) is 11.6. The number of carboxylic acids is 1. The zero-order chi connectivity index (χ0) is 14.1.